The summed E-state index contributed by atoms with van der Waals surface area (Å²) >= 11 is 0. The number of carbonyl (C=O) groups excluding carboxylic acids is 1. The zero-order valence-corrected chi connectivity index (χ0v) is 17.9. The molecule has 1 saturated heterocycles. The Morgan fingerprint density at radius 2 is 1.91 bits per heavy atom. The Labute approximate surface area is 186 Å². The molecule has 2 aromatic heterocycles. The van der Waals surface area contributed by atoms with Crippen molar-refractivity contribution < 1.29 is 9.53 Å². The normalized spacial score (nSPS) is 18.7. The molecule has 5 rings (SSSR count). The van der Waals surface area contributed by atoms with Crippen LogP contribution in [0, 0.1) is 0 Å². The molecule has 3 aromatic rings. The number of rotatable bonds is 3. The smallest absolute Gasteiger partial charge is 0.253 e. The van der Waals surface area contributed by atoms with E-state index in [9.17, 15) is 4.79 Å². The number of benzene rings is 1. The third kappa shape index (κ3) is 4.25. The van der Waals surface area contributed by atoms with Gasteiger partial charge in [-0.2, -0.15) is 0 Å². The van der Waals surface area contributed by atoms with Crippen LogP contribution in [0.25, 0.3) is 17.3 Å². The lowest BCUT2D eigenvalue weighted by molar-refractivity contribution is 0.0664. The van der Waals surface area contributed by atoms with Crippen molar-refractivity contribution in [2.24, 2.45) is 0 Å². The van der Waals surface area contributed by atoms with Crippen LogP contribution in [-0.4, -0.2) is 82.2 Å². The minimum absolute atomic E-state index is 0.0718. The van der Waals surface area contributed by atoms with Gasteiger partial charge >= 0.3 is 0 Å². The zero-order valence-electron chi connectivity index (χ0n) is 17.9. The van der Waals surface area contributed by atoms with Crippen LogP contribution in [0.5, 0.6) is 0 Å². The summed E-state index contributed by atoms with van der Waals surface area (Å²) in [4.78, 5) is 21.1. The Morgan fingerprint density at radius 1 is 1.09 bits per heavy atom. The Morgan fingerprint density at radius 3 is 2.72 bits per heavy atom. The number of piperazine rings is 1. The molecule has 0 unspecified atom stereocenters. The molecule has 4 heterocycles. The Kier molecular flexibility index (Phi) is 5.66. The molecule has 0 aliphatic carbocycles. The highest BCUT2D eigenvalue weighted by Gasteiger charge is 2.20. The molecule has 1 fully saturated rings. The highest BCUT2D eigenvalue weighted by Crippen LogP contribution is 2.24. The van der Waals surface area contributed by atoms with E-state index in [1.807, 2.05) is 47.5 Å². The first-order valence-electron chi connectivity index (χ1n) is 10.6. The van der Waals surface area contributed by atoms with E-state index < -0.39 is 0 Å². The van der Waals surface area contributed by atoms with E-state index in [-0.39, 0.29) is 5.91 Å². The van der Waals surface area contributed by atoms with Crippen LogP contribution in [0.15, 0.2) is 48.9 Å². The summed E-state index contributed by atoms with van der Waals surface area (Å²) < 4.78 is 7.40. The third-order valence-electron chi connectivity index (χ3n) is 5.80. The largest absolute Gasteiger partial charge is 0.361 e. The topological polar surface area (TPSA) is 88.4 Å². The summed E-state index contributed by atoms with van der Waals surface area (Å²) in [7, 11) is 2.08. The molecule has 0 bridgehead atoms. The number of aromatic nitrogens is 4. The van der Waals surface area contributed by atoms with Crippen molar-refractivity contribution in [3.63, 3.8) is 0 Å². The summed E-state index contributed by atoms with van der Waals surface area (Å²) in [5.41, 5.74) is 5.15. The van der Waals surface area contributed by atoms with Crippen LogP contribution in [0.4, 0.5) is 5.69 Å². The molecule has 32 heavy (non-hydrogen) atoms. The number of hydrogen-bond donors (Lipinski definition) is 1. The first-order chi connectivity index (χ1) is 15.7. The number of pyridine rings is 1. The molecular formula is C23H25N7O2. The van der Waals surface area contributed by atoms with Crippen molar-refractivity contribution in [3.05, 3.63) is 65.7 Å². The van der Waals surface area contributed by atoms with E-state index in [1.54, 1.807) is 17.1 Å². The monoisotopic (exact) mass is 431 g/mol. The molecule has 2 aliphatic rings. The van der Waals surface area contributed by atoms with Gasteiger partial charge in [0, 0.05) is 49.1 Å². The van der Waals surface area contributed by atoms with Crippen LogP contribution in [0.2, 0.25) is 0 Å². The Hall–Kier alpha value is -3.56. The second-order valence-corrected chi connectivity index (χ2v) is 7.99. The van der Waals surface area contributed by atoms with Gasteiger partial charge < -0.3 is 19.9 Å². The molecule has 0 atom stereocenters. The van der Waals surface area contributed by atoms with Gasteiger partial charge in [0.2, 0.25) is 0 Å². The van der Waals surface area contributed by atoms with Gasteiger partial charge in [-0.1, -0.05) is 5.21 Å². The molecule has 1 amide bonds. The van der Waals surface area contributed by atoms with E-state index >= 15 is 0 Å². The van der Waals surface area contributed by atoms with Crippen molar-refractivity contribution in [3.8, 4) is 5.69 Å². The molecule has 0 saturated carbocycles. The van der Waals surface area contributed by atoms with E-state index in [2.05, 4.69) is 32.6 Å². The maximum absolute atomic E-state index is 12.8. The number of likely N-dealkylation sites (N-methyl/N-ethyl adjacent to an activating group) is 1. The van der Waals surface area contributed by atoms with Crippen LogP contribution in [-0.2, 0) is 4.74 Å². The molecule has 1 aromatic carbocycles. The summed E-state index contributed by atoms with van der Waals surface area (Å²) in [6.45, 7) is 4.15. The lowest BCUT2D eigenvalue weighted by Crippen LogP contribution is -2.47. The van der Waals surface area contributed by atoms with Crippen LogP contribution in [0.1, 0.15) is 21.6 Å². The van der Waals surface area contributed by atoms with Gasteiger partial charge in [-0.15, -0.1) is 5.10 Å². The second kappa shape index (κ2) is 8.89. The number of nitrogens with zero attached hydrogens (tertiary/aromatic N) is 6. The van der Waals surface area contributed by atoms with Gasteiger partial charge in [0.25, 0.3) is 5.91 Å². The predicted octanol–water partition coefficient (Wildman–Crippen LogP) is 1.99. The molecule has 9 heteroatoms. The first-order valence-corrected chi connectivity index (χ1v) is 10.6. The second-order valence-electron chi connectivity index (χ2n) is 7.99. The van der Waals surface area contributed by atoms with E-state index in [0.29, 0.717) is 18.9 Å². The molecule has 9 nitrogen and oxygen atoms in total. The predicted molar refractivity (Wildman–Crippen MR) is 121 cm³/mol. The van der Waals surface area contributed by atoms with Crippen LogP contribution >= 0.6 is 0 Å². The number of amides is 1. The van der Waals surface area contributed by atoms with Gasteiger partial charge in [-0.25, -0.2) is 4.68 Å². The van der Waals surface area contributed by atoms with E-state index in [0.717, 1.165) is 54.4 Å². The molecule has 2 aliphatic heterocycles. The van der Waals surface area contributed by atoms with Crippen molar-refractivity contribution in [1.29, 1.82) is 0 Å². The number of carbonyl (C=O) groups is 1. The Bertz CT molecular complexity index is 1130. The summed E-state index contributed by atoms with van der Waals surface area (Å²) in [5, 5.41) is 11.8. The number of nitrogens with one attached hydrogen (secondary N) is 1. The van der Waals surface area contributed by atoms with E-state index in [4.69, 9.17) is 4.74 Å². The average molecular weight is 432 g/mol. The molecule has 164 valence electrons. The average Bonchev–Trinajstić information content (AvgIpc) is 3.30. The van der Waals surface area contributed by atoms with Gasteiger partial charge in [0.1, 0.15) is 12.4 Å². The number of hydrogen-bond acceptors (Lipinski definition) is 7. The highest BCUT2D eigenvalue weighted by atomic mass is 16.5. The SMILES string of the molecule is CN1CCN(C(=O)c2ccc(-n3cc(/C4=C/c5ccncc5NCOC4)nn3)cc2)CC1. The molecule has 0 radical (unpaired) electrons. The van der Waals surface area contributed by atoms with Crippen molar-refractivity contribution in [1.82, 2.24) is 29.8 Å². The van der Waals surface area contributed by atoms with Crippen molar-refractivity contribution in [2.45, 2.75) is 0 Å². The van der Waals surface area contributed by atoms with Gasteiger partial charge in [-0.3, -0.25) is 9.78 Å². The standard InChI is InChI=1S/C23H25N7O2/c1-28-8-10-29(11-9-28)23(31)17-2-4-20(5-3-17)30-14-22(26-27-30)19-12-18-6-7-24-13-21(18)25-16-32-15-19/h2-7,12-14,25H,8-11,15-16H2,1H3/b19-12+. The maximum atomic E-state index is 12.8. The van der Waals surface area contributed by atoms with Gasteiger partial charge in [0.15, 0.2) is 0 Å². The minimum Gasteiger partial charge on any atom is -0.361 e. The van der Waals surface area contributed by atoms with Crippen molar-refractivity contribution in [2.75, 3.05) is 51.9 Å². The number of fused-ring (bicyclic) bond motifs is 1. The first kappa shape index (κ1) is 20.3. The summed E-state index contributed by atoms with van der Waals surface area (Å²) in [6, 6.07) is 9.45. The lowest BCUT2D eigenvalue weighted by atomic mass is 10.1. The van der Waals surface area contributed by atoms with Crippen LogP contribution in [0.3, 0.4) is 0 Å². The fraction of sp³-hybridized carbons (Fsp3) is 0.304. The van der Waals surface area contributed by atoms with Gasteiger partial charge in [0.05, 0.1) is 30.4 Å². The number of ether oxygens (including phenoxy) is 1. The zero-order chi connectivity index (χ0) is 21.9. The minimum atomic E-state index is 0.0718. The molecule has 0 spiro atoms. The Balaban J connectivity index is 1.34. The summed E-state index contributed by atoms with van der Waals surface area (Å²) in [6.07, 6.45) is 7.46. The number of anilines is 1. The van der Waals surface area contributed by atoms with Gasteiger partial charge in [-0.05, 0) is 43.5 Å². The van der Waals surface area contributed by atoms with Crippen molar-refractivity contribution >= 4 is 23.2 Å². The highest BCUT2D eigenvalue weighted by molar-refractivity contribution is 5.94. The molecular weight excluding hydrogens is 406 g/mol. The maximum Gasteiger partial charge on any atom is 0.253 e. The molecule has 1 N–H and O–H groups in total. The fourth-order valence-electron chi connectivity index (χ4n) is 3.83. The quantitative estimate of drug-likeness (QED) is 0.678. The third-order valence-corrected chi connectivity index (χ3v) is 5.80. The lowest BCUT2D eigenvalue weighted by Gasteiger charge is -2.32. The van der Waals surface area contributed by atoms with Crippen LogP contribution < -0.4 is 5.32 Å². The fourth-order valence-corrected chi connectivity index (χ4v) is 3.83. The summed E-state index contributed by atoms with van der Waals surface area (Å²) in [5.74, 6) is 0.0718. The van der Waals surface area contributed by atoms with E-state index in [1.165, 1.54) is 0 Å².